The van der Waals surface area contributed by atoms with Crippen molar-refractivity contribution in [1.82, 2.24) is 0 Å². The average Bonchev–Trinajstić information content (AvgIpc) is 3.52. The Balaban J connectivity index is 1.21. The molecule has 7 rings (SSSR count). The third kappa shape index (κ3) is 3.81. The van der Waals surface area contributed by atoms with E-state index in [9.17, 15) is 0 Å². The van der Waals surface area contributed by atoms with E-state index in [1.165, 1.54) is 55.7 Å². The minimum Gasteiger partial charge on any atom is -0.155 e. The molecular formula is C35H50SSi. The zero-order valence-corrected chi connectivity index (χ0v) is 25.9. The van der Waals surface area contributed by atoms with Crippen molar-refractivity contribution in [2.45, 2.75) is 113 Å². The average molecular weight is 531 g/mol. The SMILES string of the molecule is CC1CC2C(c3cccc4ccccc34)CCCC2C1[Si](C)(C)C1C(C)C(C)C2C3CCCCC3SC21. The molecule has 5 fully saturated rings. The van der Waals surface area contributed by atoms with Crippen LogP contribution >= 0.6 is 11.8 Å². The van der Waals surface area contributed by atoms with Gasteiger partial charge < -0.3 is 0 Å². The van der Waals surface area contributed by atoms with Crippen molar-refractivity contribution in [3.63, 3.8) is 0 Å². The Kier molecular flexibility index (Phi) is 6.44. The number of rotatable bonds is 3. The van der Waals surface area contributed by atoms with E-state index in [-0.39, 0.29) is 0 Å². The lowest BCUT2D eigenvalue weighted by molar-refractivity contribution is 0.221. The van der Waals surface area contributed by atoms with E-state index in [0.717, 1.165) is 68.9 Å². The first-order valence-electron chi connectivity index (χ1n) is 16.0. The van der Waals surface area contributed by atoms with Crippen molar-refractivity contribution in [1.29, 1.82) is 0 Å². The molecule has 0 radical (unpaired) electrons. The normalized spacial score (nSPS) is 45.5. The van der Waals surface area contributed by atoms with Crippen LogP contribution in [0.5, 0.6) is 0 Å². The maximum Gasteiger partial charge on any atom is 0.0555 e. The zero-order valence-electron chi connectivity index (χ0n) is 24.0. The van der Waals surface area contributed by atoms with Gasteiger partial charge in [0, 0.05) is 10.5 Å². The molecule has 0 aromatic heterocycles. The maximum atomic E-state index is 2.90. The lowest BCUT2D eigenvalue weighted by atomic mass is 9.70. The number of benzene rings is 2. The second kappa shape index (κ2) is 9.43. The standard InChI is InChI=1S/C35H50SSi/c1-21-20-30-27(26-16-10-13-24-12-6-7-14-25(24)26)17-11-18-28(30)34(21)37(4,5)35-23(3)22(2)32-29-15-8-9-19-31(29)36-33(32)35/h6-7,10,12-14,16,21-23,27-35H,8-9,11,15,17-20H2,1-5H3. The van der Waals surface area contributed by atoms with Gasteiger partial charge in [-0.25, -0.2) is 0 Å². The molecule has 200 valence electrons. The van der Waals surface area contributed by atoms with Crippen molar-refractivity contribution in [3.8, 4) is 0 Å². The summed E-state index contributed by atoms with van der Waals surface area (Å²) in [6, 6.07) is 16.4. The van der Waals surface area contributed by atoms with Gasteiger partial charge in [0.1, 0.15) is 0 Å². The summed E-state index contributed by atoms with van der Waals surface area (Å²) in [6.45, 7) is 13.9. The predicted octanol–water partition coefficient (Wildman–Crippen LogP) is 10.4. The molecule has 2 aromatic rings. The van der Waals surface area contributed by atoms with Crippen molar-refractivity contribution >= 4 is 30.6 Å². The fraction of sp³-hybridized carbons (Fsp3) is 0.714. The van der Waals surface area contributed by atoms with Crippen LogP contribution in [0.1, 0.15) is 83.6 Å². The molecule has 2 aromatic carbocycles. The molecule has 1 aliphatic heterocycles. The number of hydrogen-bond acceptors (Lipinski definition) is 1. The van der Waals surface area contributed by atoms with Gasteiger partial charge >= 0.3 is 0 Å². The summed E-state index contributed by atoms with van der Waals surface area (Å²) in [5.41, 5.74) is 3.74. The molecule has 5 aliphatic rings. The van der Waals surface area contributed by atoms with Gasteiger partial charge in [0.25, 0.3) is 0 Å². The topological polar surface area (TPSA) is 0 Å². The highest BCUT2D eigenvalue weighted by atomic mass is 32.2. The number of fused-ring (bicyclic) bond motifs is 5. The Morgan fingerprint density at radius 1 is 0.730 bits per heavy atom. The summed E-state index contributed by atoms with van der Waals surface area (Å²) < 4.78 is 0. The van der Waals surface area contributed by atoms with E-state index >= 15 is 0 Å². The van der Waals surface area contributed by atoms with Gasteiger partial charge in [-0.2, -0.15) is 11.8 Å². The Morgan fingerprint density at radius 2 is 1.49 bits per heavy atom. The number of thioether (sulfide) groups is 1. The Hall–Kier alpha value is -0.733. The molecule has 2 heteroatoms. The first-order valence-corrected chi connectivity index (χ1v) is 20.1. The number of hydrogen-bond donors (Lipinski definition) is 0. The van der Waals surface area contributed by atoms with Crippen LogP contribution in [0.15, 0.2) is 42.5 Å². The third-order valence-electron chi connectivity index (χ3n) is 13.1. The smallest absolute Gasteiger partial charge is 0.0555 e. The van der Waals surface area contributed by atoms with Crippen molar-refractivity contribution in [3.05, 3.63) is 48.0 Å². The van der Waals surface area contributed by atoms with E-state index in [1.54, 1.807) is 12.0 Å². The van der Waals surface area contributed by atoms with Gasteiger partial charge in [0.2, 0.25) is 0 Å². The quantitative estimate of drug-likeness (QED) is 0.356. The van der Waals surface area contributed by atoms with Crippen LogP contribution in [0.3, 0.4) is 0 Å². The van der Waals surface area contributed by atoms with Crippen LogP contribution in [0.4, 0.5) is 0 Å². The fourth-order valence-electron chi connectivity index (χ4n) is 11.9. The summed E-state index contributed by atoms with van der Waals surface area (Å²) in [6.07, 6.45) is 11.9. The molecule has 37 heavy (non-hydrogen) atoms. The van der Waals surface area contributed by atoms with E-state index in [1.807, 2.05) is 0 Å². The van der Waals surface area contributed by atoms with Crippen LogP contribution < -0.4 is 0 Å². The molecule has 0 spiro atoms. The lowest BCUT2D eigenvalue weighted by Gasteiger charge is -2.47. The Bertz CT molecular complexity index is 1130. The first kappa shape index (κ1) is 25.2. The fourth-order valence-corrected chi connectivity index (χ4v) is 21.8. The Labute approximate surface area is 232 Å². The van der Waals surface area contributed by atoms with Gasteiger partial charge in [-0.3, -0.25) is 0 Å². The first-order chi connectivity index (χ1) is 17.9. The highest BCUT2D eigenvalue weighted by Crippen LogP contribution is 2.70. The monoisotopic (exact) mass is 530 g/mol. The molecule has 0 nitrogen and oxygen atoms in total. The van der Waals surface area contributed by atoms with Crippen LogP contribution in [0.25, 0.3) is 10.8 Å². The summed E-state index contributed by atoms with van der Waals surface area (Å²) >= 11 is 2.53. The predicted molar refractivity (Wildman–Crippen MR) is 165 cm³/mol. The van der Waals surface area contributed by atoms with Crippen molar-refractivity contribution < 1.29 is 0 Å². The second-order valence-corrected chi connectivity index (χ2v) is 21.3. The molecule has 4 saturated carbocycles. The van der Waals surface area contributed by atoms with E-state index in [0.29, 0.717) is 0 Å². The second-order valence-electron chi connectivity index (χ2n) is 14.9. The molecule has 12 unspecified atom stereocenters. The molecule has 0 N–H and O–H groups in total. The van der Waals surface area contributed by atoms with Gasteiger partial charge in [0.05, 0.1) is 8.07 Å². The van der Waals surface area contributed by atoms with Gasteiger partial charge in [0.15, 0.2) is 0 Å². The van der Waals surface area contributed by atoms with Gasteiger partial charge in [-0.05, 0) is 100 Å². The molecule has 0 amide bonds. The summed E-state index contributed by atoms with van der Waals surface area (Å²) in [7, 11) is -1.47. The maximum absolute atomic E-state index is 2.90. The summed E-state index contributed by atoms with van der Waals surface area (Å²) in [4.78, 5) is 0. The molecular weight excluding hydrogens is 481 g/mol. The van der Waals surface area contributed by atoms with Crippen LogP contribution in [0, 0.1) is 41.4 Å². The Morgan fingerprint density at radius 3 is 2.35 bits per heavy atom. The summed E-state index contributed by atoms with van der Waals surface area (Å²) in [5.74, 6) is 7.56. The minimum atomic E-state index is -1.47. The molecule has 12 atom stereocenters. The molecule has 1 heterocycles. The zero-order chi connectivity index (χ0) is 25.5. The van der Waals surface area contributed by atoms with E-state index < -0.39 is 8.07 Å². The van der Waals surface area contributed by atoms with Gasteiger partial charge in [-0.1, -0.05) is 102 Å². The minimum absolute atomic E-state index is 0.776. The highest BCUT2D eigenvalue weighted by Gasteiger charge is 2.63. The van der Waals surface area contributed by atoms with E-state index in [2.05, 4.69) is 88.1 Å². The van der Waals surface area contributed by atoms with E-state index in [4.69, 9.17) is 0 Å². The summed E-state index contributed by atoms with van der Waals surface area (Å²) in [5, 5.41) is 4.97. The van der Waals surface area contributed by atoms with Crippen LogP contribution in [-0.2, 0) is 0 Å². The molecule has 4 aliphatic carbocycles. The van der Waals surface area contributed by atoms with Crippen LogP contribution in [0.2, 0.25) is 24.2 Å². The van der Waals surface area contributed by atoms with Crippen molar-refractivity contribution in [2.75, 3.05) is 0 Å². The highest BCUT2D eigenvalue weighted by molar-refractivity contribution is 8.01. The third-order valence-corrected chi connectivity index (χ3v) is 20.5. The van der Waals surface area contributed by atoms with Crippen molar-refractivity contribution in [2.24, 2.45) is 41.4 Å². The molecule has 0 bridgehead atoms. The largest absolute Gasteiger partial charge is 0.155 e. The molecule has 1 saturated heterocycles. The lowest BCUT2D eigenvalue weighted by Crippen LogP contribution is -2.47. The van der Waals surface area contributed by atoms with Gasteiger partial charge in [-0.15, -0.1) is 0 Å². The van der Waals surface area contributed by atoms with Crippen LogP contribution in [-0.4, -0.2) is 18.6 Å².